The number of hydrogen-bond donors (Lipinski definition) is 0. The topological polar surface area (TPSA) is 83.1 Å². The van der Waals surface area contributed by atoms with E-state index < -0.39 is 4.92 Å². The summed E-state index contributed by atoms with van der Waals surface area (Å²) in [6.45, 7) is 2.62. The van der Waals surface area contributed by atoms with Crippen molar-refractivity contribution in [2.75, 3.05) is 7.11 Å². The van der Waals surface area contributed by atoms with Crippen molar-refractivity contribution in [1.82, 2.24) is 14.8 Å². The van der Waals surface area contributed by atoms with Crippen molar-refractivity contribution in [1.29, 1.82) is 0 Å². The van der Waals surface area contributed by atoms with Crippen LogP contribution in [0.15, 0.2) is 18.2 Å². The maximum atomic E-state index is 11.1. The maximum Gasteiger partial charge on any atom is 0.311 e. The van der Waals surface area contributed by atoms with Crippen LogP contribution < -0.4 is 4.74 Å². The van der Waals surface area contributed by atoms with Gasteiger partial charge in [0.15, 0.2) is 5.82 Å². The van der Waals surface area contributed by atoms with Crippen LogP contribution in [-0.2, 0) is 11.9 Å². The Morgan fingerprint density at radius 2 is 2.20 bits per heavy atom. The molecule has 0 atom stereocenters. The molecule has 0 saturated carbocycles. The molecule has 0 unspecified atom stereocenters. The molecule has 1 aromatic carbocycles. The van der Waals surface area contributed by atoms with Gasteiger partial charge >= 0.3 is 5.69 Å². The van der Waals surface area contributed by atoms with Gasteiger partial charge in [-0.25, -0.2) is 0 Å². The van der Waals surface area contributed by atoms with Gasteiger partial charge in [-0.05, 0) is 13.0 Å². The molecule has 0 radical (unpaired) electrons. The molecule has 2 rings (SSSR count). The number of nitro benzene ring substituents is 1. The largest absolute Gasteiger partial charge is 0.490 e. The zero-order valence-corrected chi connectivity index (χ0v) is 12.6. The van der Waals surface area contributed by atoms with Crippen LogP contribution in [0.2, 0.25) is 0 Å². The van der Waals surface area contributed by atoms with Crippen LogP contribution in [0.3, 0.4) is 0 Å². The van der Waals surface area contributed by atoms with E-state index >= 15 is 0 Å². The first-order valence-electron chi connectivity index (χ1n) is 5.93. The second-order valence-electron chi connectivity index (χ2n) is 3.93. The lowest BCUT2D eigenvalue weighted by atomic mass is 10.1. The second-order valence-corrected chi connectivity index (χ2v) is 4.49. The number of alkyl halides is 1. The molecule has 0 aliphatic heterocycles. The summed E-state index contributed by atoms with van der Waals surface area (Å²) in [6, 6.07) is 4.75. The standard InChI is InChI=1S/C12H13BrN4O3/c1-3-16-10(7-13)14-15-12(16)8-5-4-6-9(17(18)19)11(8)20-2/h4-6H,3,7H2,1-2H3. The lowest BCUT2D eigenvalue weighted by molar-refractivity contribution is -0.385. The van der Waals surface area contributed by atoms with Gasteiger partial charge in [-0.2, -0.15) is 0 Å². The smallest absolute Gasteiger partial charge is 0.311 e. The fourth-order valence-electron chi connectivity index (χ4n) is 2.02. The van der Waals surface area contributed by atoms with E-state index in [1.807, 2.05) is 11.5 Å². The summed E-state index contributed by atoms with van der Waals surface area (Å²) < 4.78 is 7.09. The van der Waals surface area contributed by atoms with Gasteiger partial charge in [0.05, 0.1) is 22.9 Å². The summed E-state index contributed by atoms with van der Waals surface area (Å²) >= 11 is 3.35. The lowest BCUT2D eigenvalue weighted by Crippen LogP contribution is -2.03. The Hall–Kier alpha value is -1.96. The van der Waals surface area contributed by atoms with Gasteiger partial charge in [0.1, 0.15) is 5.82 Å². The Bertz CT molecular complexity index is 642. The van der Waals surface area contributed by atoms with Crippen molar-refractivity contribution in [3.05, 3.63) is 34.1 Å². The number of para-hydroxylation sites is 1. The predicted octanol–water partition coefficient (Wildman–Crippen LogP) is 2.78. The first-order chi connectivity index (χ1) is 9.63. The molecule has 1 aromatic heterocycles. The SMILES string of the molecule is CCn1c(CBr)nnc1-c1cccc([N+](=O)[O-])c1OC. The summed E-state index contributed by atoms with van der Waals surface area (Å²) in [5.41, 5.74) is 0.472. The van der Waals surface area contributed by atoms with Gasteiger partial charge in [0.2, 0.25) is 5.75 Å². The molecule has 0 fully saturated rings. The minimum absolute atomic E-state index is 0.0870. The van der Waals surface area contributed by atoms with Gasteiger partial charge in [0, 0.05) is 12.6 Å². The van der Waals surface area contributed by atoms with Crippen LogP contribution in [-0.4, -0.2) is 26.8 Å². The van der Waals surface area contributed by atoms with E-state index in [4.69, 9.17) is 4.74 Å². The molecular formula is C12H13BrN4O3. The van der Waals surface area contributed by atoms with E-state index in [2.05, 4.69) is 26.1 Å². The van der Waals surface area contributed by atoms with Crippen LogP contribution >= 0.6 is 15.9 Å². The number of benzene rings is 1. The van der Waals surface area contributed by atoms with Gasteiger partial charge < -0.3 is 9.30 Å². The highest BCUT2D eigenvalue weighted by Gasteiger charge is 2.23. The lowest BCUT2D eigenvalue weighted by Gasteiger charge is -2.10. The monoisotopic (exact) mass is 340 g/mol. The van der Waals surface area contributed by atoms with Crippen molar-refractivity contribution in [2.45, 2.75) is 18.8 Å². The minimum atomic E-state index is -0.472. The molecule has 0 amide bonds. The minimum Gasteiger partial charge on any atom is -0.490 e. The quantitative estimate of drug-likeness (QED) is 0.474. The summed E-state index contributed by atoms with van der Waals surface area (Å²) in [5.74, 6) is 1.51. The molecule has 0 aliphatic carbocycles. The van der Waals surface area contributed by atoms with E-state index in [0.29, 0.717) is 23.3 Å². The molecule has 2 aromatic rings. The number of hydrogen-bond acceptors (Lipinski definition) is 5. The van der Waals surface area contributed by atoms with Crippen molar-refractivity contribution in [3.8, 4) is 17.1 Å². The van der Waals surface area contributed by atoms with E-state index in [9.17, 15) is 10.1 Å². The van der Waals surface area contributed by atoms with Crippen LogP contribution in [0.25, 0.3) is 11.4 Å². The average molecular weight is 341 g/mol. The molecule has 106 valence electrons. The number of nitro groups is 1. The highest BCUT2D eigenvalue weighted by Crippen LogP contribution is 2.37. The average Bonchev–Trinajstić information content (AvgIpc) is 2.88. The molecule has 0 spiro atoms. The summed E-state index contributed by atoms with van der Waals surface area (Å²) in [4.78, 5) is 10.6. The summed E-state index contributed by atoms with van der Waals surface area (Å²) in [6.07, 6.45) is 0. The van der Waals surface area contributed by atoms with Crippen LogP contribution in [0, 0.1) is 10.1 Å². The molecule has 7 nitrogen and oxygen atoms in total. The molecule has 0 N–H and O–H groups in total. The molecule has 20 heavy (non-hydrogen) atoms. The van der Waals surface area contributed by atoms with E-state index in [-0.39, 0.29) is 11.4 Å². The summed E-state index contributed by atoms with van der Waals surface area (Å²) in [5, 5.41) is 19.8. The third-order valence-corrected chi connectivity index (χ3v) is 3.40. The highest BCUT2D eigenvalue weighted by molar-refractivity contribution is 9.08. The van der Waals surface area contributed by atoms with E-state index in [0.717, 1.165) is 5.82 Å². The molecule has 0 saturated heterocycles. The Morgan fingerprint density at radius 3 is 2.75 bits per heavy atom. The first-order valence-corrected chi connectivity index (χ1v) is 7.06. The number of ether oxygens (including phenoxy) is 1. The maximum absolute atomic E-state index is 11.1. The van der Waals surface area contributed by atoms with Crippen LogP contribution in [0.5, 0.6) is 5.75 Å². The van der Waals surface area contributed by atoms with Crippen LogP contribution in [0.4, 0.5) is 5.69 Å². The third-order valence-electron chi connectivity index (χ3n) is 2.90. The number of rotatable bonds is 5. The zero-order valence-electron chi connectivity index (χ0n) is 11.0. The van der Waals surface area contributed by atoms with Crippen molar-refractivity contribution in [3.63, 3.8) is 0 Å². The Labute approximate surface area is 123 Å². The molecular weight excluding hydrogens is 328 g/mol. The molecule has 0 bridgehead atoms. The predicted molar refractivity (Wildman–Crippen MR) is 77.0 cm³/mol. The van der Waals surface area contributed by atoms with E-state index in [1.165, 1.54) is 13.2 Å². The normalized spacial score (nSPS) is 10.6. The molecule has 1 heterocycles. The number of methoxy groups -OCH3 is 1. The van der Waals surface area contributed by atoms with Gasteiger partial charge in [-0.15, -0.1) is 10.2 Å². The first kappa shape index (κ1) is 14.4. The highest BCUT2D eigenvalue weighted by atomic mass is 79.9. The summed E-state index contributed by atoms with van der Waals surface area (Å²) in [7, 11) is 1.41. The van der Waals surface area contributed by atoms with Gasteiger partial charge in [0.25, 0.3) is 0 Å². The third kappa shape index (κ3) is 2.38. The Balaban J connectivity index is 2.67. The number of aromatic nitrogens is 3. The molecule has 8 heteroatoms. The zero-order chi connectivity index (χ0) is 14.7. The number of nitrogens with zero attached hydrogens (tertiary/aromatic N) is 4. The van der Waals surface area contributed by atoms with Gasteiger partial charge in [-0.3, -0.25) is 10.1 Å². The fraction of sp³-hybridized carbons (Fsp3) is 0.333. The second kappa shape index (κ2) is 6.00. The van der Waals surface area contributed by atoms with E-state index in [1.54, 1.807) is 12.1 Å². The Morgan fingerprint density at radius 1 is 1.45 bits per heavy atom. The van der Waals surface area contributed by atoms with Crippen molar-refractivity contribution < 1.29 is 9.66 Å². The fourth-order valence-corrected chi connectivity index (χ4v) is 2.44. The molecule has 0 aliphatic rings. The van der Waals surface area contributed by atoms with Gasteiger partial charge in [-0.1, -0.05) is 22.0 Å². The van der Waals surface area contributed by atoms with Crippen molar-refractivity contribution >= 4 is 21.6 Å². The number of halogens is 1. The Kier molecular flexibility index (Phi) is 4.33. The van der Waals surface area contributed by atoms with Crippen molar-refractivity contribution in [2.24, 2.45) is 0 Å². The van der Waals surface area contributed by atoms with Crippen LogP contribution in [0.1, 0.15) is 12.7 Å².